The smallest absolute Gasteiger partial charge is 0.280 e. The van der Waals surface area contributed by atoms with Crippen molar-refractivity contribution in [3.05, 3.63) is 75.5 Å². The second-order valence-electron chi connectivity index (χ2n) is 6.32. The van der Waals surface area contributed by atoms with Crippen LogP contribution in [0.5, 0.6) is 11.5 Å². The highest BCUT2D eigenvalue weighted by Gasteiger charge is 2.16. The molecule has 0 amide bonds. The van der Waals surface area contributed by atoms with Gasteiger partial charge < -0.3 is 9.47 Å². The molecule has 1 aromatic heterocycles. The van der Waals surface area contributed by atoms with E-state index < -0.39 is 0 Å². The zero-order chi connectivity index (χ0) is 19.0. The van der Waals surface area contributed by atoms with Gasteiger partial charge >= 0.3 is 0 Å². The van der Waals surface area contributed by atoms with E-state index in [1.165, 1.54) is 16.8 Å². The minimum Gasteiger partial charge on any atom is -0.454 e. The van der Waals surface area contributed by atoms with E-state index in [9.17, 15) is 9.18 Å². The van der Waals surface area contributed by atoms with Gasteiger partial charge in [0, 0.05) is 11.4 Å². The van der Waals surface area contributed by atoms with E-state index in [4.69, 9.17) is 9.47 Å². The van der Waals surface area contributed by atoms with Gasteiger partial charge in [-0.3, -0.25) is 14.9 Å². The Hall–Kier alpha value is -3.35. The van der Waals surface area contributed by atoms with Crippen LogP contribution in [-0.2, 0) is 6.54 Å². The molecule has 7 heteroatoms. The lowest BCUT2D eigenvalue weighted by Gasteiger charge is -2.02. The first-order valence-electron chi connectivity index (χ1n) is 8.50. The summed E-state index contributed by atoms with van der Waals surface area (Å²) in [6, 6.07) is 11.4. The Morgan fingerprint density at radius 3 is 2.70 bits per heavy atom. The summed E-state index contributed by atoms with van der Waals surface area (Å²) in [5, 5.41) is 3.03. The zero-order valence-corrected chi connectivity index (χ0v) is 15.0. The van der Waals surface area contributed by atoms with Crippen LogP contribution in [0.3, 0.4) is 0 Å². The molecule has 0 fully saturated rings. The molecule has 0 saturated heterocycles. The standard InChI is InChI=1S/C20H18FN3O3/c1-12(22-10-14-3-8-17-18(9-14)27-11-26-17)19-13(2)23-24(20(19)25)16-6-4-15(21)5-7-16/h3-9,23H,10-11H2,1-2H3. The molecule has 0 bridgehead atoms. The number of ether oxygens (including phenoxy) is 2. The summed E-state index contributed by atoms with van der Waals surface area (Å²) >= 11 is 0. The molecule has 0 spiro atoms. The maximum atomic E-state index is 13.1. The molecule has 1 aliphatic rings. The Morgan fingerprint density at radius 2 is 1.93 bits per heavy atom. The van der Waals surface area contributed by atoms with Crippen LogP contribution in [0.4, 0.5) is 4.39 Å². The van der Waals surface area contributed by atoms with Crippen molar-refractivity contribution in [2.45, 2.75) is 20.4 Å². The number of aryl methyl sites for hydroxylation is 1. The van der Waals surface area contributed by atoms with Crippen LogP contribution < -0.4 is 15.0 Å². The van der Waals surface area contributed by atoms with Crippen LogP contribution in [0, 0.1) is 12.7 Å². The molecule has 0 aliphatic carbocycles. The average Bonchev–Trinajstić information content (AvgIpc) is 3.24. The predicted molar refractivity (Wildman–Crippen MR) is 99.6 cm³/mol. The van der Waals surface area contributed by atoms with E-state index in [2.05, 4.69) is 10.1 Å². The highest BCUT2D eigenvalue weighted by Crippen LogP contribution is 2.32. The number of aliphatic imine (C=N–C) groups is 1. The SMILES string of the molecule is CC(=NCc1ccc2c(c1)OCO2)c1c(C)[nH]n(-c2ccc(F)cc2)c1=O. The van der Waals surface area contributed by atoms with Gasteiger partial charge in [0.05, 0.1) is 17.8 Å². The third-order valence-corrected chi connectivity index (χ3v) is 4.45. The molecule has 3 aromatic rings. The highest BCUT2D eigenvalue weighted by atomic mass is 19.1. The Morgan fingerprint density at radius 1 is 1.19 bits per heavy atom. The Balaban J connectivity index is 1.62. The van der Waals surface area contributed by atoms with Crippen molar-refractivity contribution in [2.24, 2.45) is 4.99 Å². The van der Waals surface area contributed by atoms with E-state index in [1.54, 1.807) is 19.1 Å². The van der Waals surface area contributed by atoms with Gasteiger partial charge in [0.15, 0.2) is 11.5 Å². The third-order valence-electron chi connectivity index (χ3n) is 4.45. The Labute approximate surface area is 154 Å². The number of aromatic nitrogens is 2. The molecule has 27 heavy (non-hydrogen) atoms. The number of H-pyrrole nitrogens is 1. The second kappa shape index (κ2) is 6.75. The fourth-order valence-corrected chi connectivity index (χ4v) is 3.07. The van der Waals surface area contributed by atoms with Gasteiger partial charge in [-0.1, -0.05) is 6.07 Å². The molecule has 0 atom stereocenters. The monoisotopic (exact) mass is 367 g/mol. The van der Waals surface area contributed by atoms with E-state index >= 15 is 0 Å². The number of rotatable bonds is 4. The summed E-state index contributed by atoms with van der Waals surface area (Å²) < 4.78 is 25.2. The highest BCUT2D eigenvalue weighted by molar-refractivity contribution is 5.99. The molecule has 1 aliphatic heterocycles. The van der Waals surface area contributed by atoms with Crippen LogP contribution >= 0.6 is 0 Å². The van der Waals surface area contributed by atoms with E-state index in [0.717, 1.165) is 11.3 Å². The first kappa shape index (κ1) is 17.1. The van der Waals surface area contributed by atoms with Crippen molar-refractivity contribution < 1.29 is 13.9 Å². The van der Waals surface area contributed by atoms with Crippen molar-refractivity contribution in [3.8, 4) is 17.2 Å². The first-order valence-corrected chi connectivity index (χ1v) is 8.50. The van der Waals surface area contributed by atoms with Gasteiger partial charge in [-0.25, -0.2) is 9.07 Å². The fraction of sp³-hybridized carbons (Fsp3) is 0.200. The van der Waals surface area contributed by atoms with Crippen LogP contribution in [0.25, 0.3) is 5.69 Å². The molecule has 1 N–H and O–H groups in total. The zero-order valence-electron chi connectivity index (χ0n) is 15.0. The fourth-order valence-electron chi connectivity index (χ4n) is 3.07. The topological polar surface area (TPSA) is 68.6 Å². The van der Waals surface area contributed by atoms with Gasteiger partial charge in [0.1, 0.15) is 5.82 Å². The summed E-state index contributed by atoms with van der Waals surface area (Å²) in [7, 11) is 0. The summed E-state index contributed by atoms with van der Waals surface area (Å²) in [6.45, 7) is 4.27. The van der Waals surface area contributed by atoms with Crippen molar-refractivity contribution in [1.82, 2.24) is 9.78 Å². The Kier molecular flexibility index (Phi) is 4.27. The lowest BCUT2D eigenvalue weighted by molar-refractivity contribution is 0.174. The van der Waals surface area contributed by atoms with Crippen LogP contribution in [-0.4, -0.2) is 22.3 Å². The molecule has 138 valence electrons. The minimum absolute atomic E-state index is 0.217. The van der Waals surface area contributed by atoms with E-state index in [-0.39, 0.29) is 18.2 Å². The molecular weight excluding hydrogens is 349 g/mol. The van der Waals surface area contributed by atoms with Crippen molar-refractivity contribution >= 4 is 5.71 Å². The van der Waals surface area contributed by atoms with Gasteiger partial charge in [0.25, 0.3) is 5.56 Å². The molecule has 4 rings (SSSR count). The van der Waals surface area contributed by atoms with E-state index in [0.29, 0.717) is 35.0 Å². The van der Waals surface area contributed by atoms with Crippen molar-refractivity contribution in [2.75, 3.05) is 6.79 Å². The summed E-state index contributed by atoms with van der Waals surface area (Å²) in [4.78, 5) is 17.4. The molecule has 2 heterocycles. The Bertz CT molecular complexity index is 1080. The maximum Gasteiger partial charge on any atom is 0.280 e. The van der Waals surface area contributed by atoms with Crippen LogP contribution in [0.2, 0.25) is 0 Å². The number of aromatic amines is 1. The summed E-state index contributed by atoms with van der Waals surface area (Å²) in [5.41, 5.74) is 3.17. The lowest BCUT2D eigenvalue weighted by atomic mass is 10.1. The van der Waals surface area contributed by atoms with Crippen LogP contribution in [0.15, 0.2) is 52.3 Å². The number of nitrogens with zero attached hydrogens (tertiary/aromatic N) is 2. The number of benzene rings is 2. The predicted octanol–water partition coefficient (Wildman–Crippen LogP) is 3.35. The lowest BCUT2D eigenvalue weighted by Crippen LogP contribution is -2.19. The number of fused-ring (bicyclic) bond motifs is 1. The van der Waals surface area contributed by atoms with Gasteiger partial charge in [-0.05, 0) is 55.8 Å². The van der Waals surface area contributed by atoms with E-state index in [1.807, 2.05) is 25.1 Å². The van der Waals surface area contributed by atoms with Gasteiger partial charge in [-0.2, -0.15) is 0 Å². The number of hydrogen-bond acceptors (Lipinski definition) is 4. The molecule has 0 saturated carbocycles. The van der Waals surface area contributed by atoms with Crippen molar-refractivity contribution in [3.63, 3.8) is 0 Å². The maximum absolute atomic E-state index is 13.1. The molecule has 2 aromatic carbocycles. The van der Waals surface area contributed by atoms with Gasteiger partial charge in [0.2, 0.25) is 6.79 Å². The molecule has 6 nitrogen and oxygen atoms in total. The number of nitrogens with one attached hydrogen (secondary N) is 1. The number of halogens is 1. The molecule has 0 radical (unpaired) electrons. The summed E-state index contributed by atoms with van der Waals surface area (Å²) in [6.07, 6.45) is 0. The minimum atomic E-state index is -0.350. The average molecular weight is 367 g/mol. The van der Waals surface area contributed by atoms with Crippen molar-refractivity contribution in [1.29, 1.82) is 0 Å². The number of hydrogen-bond donors (Lipinski definition) is 1. The first-order chi connectivity index (χ1) is 13.0. The quantitative estimate of drug-likeness (QED) is 0.719. The second-order valence-corrected chi connectivity index (χ2v) is 6.32. The van der Waals surface area contributed by atoms with Gasteiger partial charge in [-0.15, -0.1) is 0 Å². The van der Waals surface area contributed by atoms with Crippen LogP contribution in [0.1, 0.15) is 23.7 Å². The largest absolute Gasteiger partial charge is 0.454 e. The molecular formula is C20H18FN3O3. The molecule has 0 unspecified atom stereocenters. The third kappa shape index (κ3) is 3.23. The normalized spacial score (nSPS) is 13.2. The summed E-state index contributed by atoms with van der Waals surface area (Å²) in [5.74, 6) is 1.08.